The minimum atomic E-state index is -0.399. The van der Waals surface area contributed by atoms with Crippen LogP contribution in [0, 0.1) is 5.92 Å². The van der Waals surface area contributed by atoms with E-state index in [1.54, 1.807) is 0 Å². The van der Waals surface area contributed by atoms with Crippen molar-refractivity contribution in [3.8, 4) is 0 Å². The molecule has 0 radical (unpaired) electrons. The van der Waals surface area contributed by atoms with Crippen molar-refractivity contribution in [2.24, 2.45) is 11.7 Å². The largest absolute Gasteiger partial charge is 0.335 e. The topological polar surface area (TPSA) is 54.6 Å². The third-order valence-corrected chi connectivity index (χ3v) is 5.83. The number of pyridine rings is 1. The molecule has 120 valence electrons. The molecule has 2 aromatic rings. The van der Waals surface area contributed by atoms with Gasteiger partial charge in [0.05, 0.1) is 6.54 Å². The molecule has 0 saturated carbocycles. The van der Waals surface area contributed by atoms with Crippen LogP contribution < -0.4 is 10.6 Å². The maximum Gasteiger partial charge on any atom is 0.186 e. The zero-order chi connectivity index (χ0) is 15.4. The van der Waals surface area contributed by atoms with Crippen molar-refractivity contribution >= 4 is 16.6 Å². The molecule has 1 aromatic carbocycles. The molecular weight excluding hydrogens is 288 g/mol. The number of benzene rings is 1. The lowest BCUT2D eigenvalue weighted by atomic mass is 9.75. The first-order valence-corrected chi connectivity index (χ1v) is 8.51. The summed E-state index contributed by atoms with van der Waals surface area (Å²) in [5, 5.41) is 2.35. The molecule has 23 heavy (non-hydrogen) atoms. The summed E-state index contributed by atoms with van der Waals surface area (Å²) in [4.78, 5) is 9.28. The first-order valence-electron chi connectivity index (χ1n) is 8.51. The zero-order valence-corrected chi connectivity index (χ0v) is 13.2. The smallest absolute Gasteiger partial charge is 0.186 e. The van der Waals surface area contributed by atoms with Gasteiger partial charge in [-0.25, -0.2) is 4.98 Å². The molecular formula is C18H22N4O. The number of rotatable bonds is 1. The van der Waals surface area contributed by atoms with Crippen molar-refractivity contribution in [3.63, 3.8) is 0 Å². The fourth-order valence-corrected chi connectivity index (χ4v) is 4.60. The summed E-state index contributed by atoms with van der Waals surface area (Å²) >= 11 is 0. The van der Waals surface area contributed by atoms with Crippen LogP contribution in [0.5, 0.6) is 0 Å². The van der Waals surface area contributed by atoms with Gasteiger partial charge in [-0.3, -0.25) is 5.73 Å². The van der Waals surface area contributed by atoms with Gasteiger partial charge in [0.15, 0.2) is 6.35 Å². The van der Waals surface area contributed by atoms with E-state index in [1.165, 1.54) is 31.3 Å². The number of fused-ring (bicyclic) bond motifs is 3. The molecule has 5 heteroatoms. The highest BCUT2D eigenvalue weighted by atomic mass is 16.6. The van der Waals surface area contributed by atoms with Gasteiger partial charge in [-0.2, -0.15) is 0 Å². The average Bonchev–Trinajstić information content (AvgIpc) is 2.91. The lowest BCUT2D eigenvalue weighted by molar-refractivity contribution is -0.137. The summed E-state index contributed by atoms with van der Waals surface area (Å²) in [6.07, 6.45) is 3.99. The summed E-state index contributed by atoms with van der Waals surface area (Å²) < 4.78 is 6.32. The molecule has 5 heterocycles. The molecule has 4 saturated heterocycles. The third-order valence-electron chi connectivity index (χ3n) is 5.83. The minimum Gasteiger partial charge on any atom is -0.335 e. The van der Waals surface area contributed by atoms with Crippen LogP contribution in [0.3, 0.4) is 0 Å². The third kappa shape index (κ3) is 2.07. The van der Waals surface area contributed by atoms with E-state index in [1.807, 2.05) is 12.3 Å². The fourth-order valence-electron chi connectivity index (χ4n) is 4.60. The molecule has 1 spiro atoms. The number of piperidine rings is 3. The van der Waals surface area contributed by atoms with Gasteiger partial charge in [0, 0.05) is 18.1 Å². The van der Waals surface area contributed by atoms with Crippen molar-refractivity contribution in [2.45, 2.75) is 24.8 Å². The van der Waals surface area contributed by atoms with Gasteiger partial charge in [0.25, 0.3) is 0 Å². The summed E-state index contributed by atoms with van der Waals surface area (Å²) in [5.74, 6) is 1.55. The number of hydrogen-bond donors (Lipinski definition) is 1. The van der Waals surface area contributed by atoms with Gasteiger partial charge >= 0.3 is 0 Å². The fraction of sp³-hybridized carbons (Fsp3) is 0.500. The Balaban J connectivity index is 1.48. The lowest BCUT2D eigenvalue weighted by Crippen LogP contribution is -2.61. The van der Waals surface area contributed by atoms with E-state index in [2.05, 4.69) is 39.0 Å². The molecule has 5 nitrogen and oxygen atoms in total. The molecule has 4 aliphatic rings. The van der Waals surface area contributed by atoms with Crippen LogP contribution in [0.15, 0.2) is 36.5 Å². The SMILES string of the molecule is NC1OC2(CN3CCC2CC3)CN1c1cc2ccccc2cn1. The van der Waals surface area contributed by atoms with Gasteiger partial charge in [-0.05, 0) is 43.3 Å². The van der Waals surface area contributed by atoms with Crippen LogP contribution in [0.1, 0.15) is 12.8 Å². The summed E-state index contributed by atoms with van der Waals surface area (Å²) in [6, 6.07) is 10.4. The van der Waals surface area contributed by atoms with E-state index < -0.39 is 6.35 Å². The molecule has 4 fully saturated rings. The molecule has 4 aliphatic heterocycles. The van der Waals surface area contributed by atoms with Crippen LogP contribution in [-0.2, 0) is 4.74 Å². The van der Waals surface area contributed by atoms with Crippen molar-refractivity contribution in [2.75, 3.05) is 31.1 Å². The highest BCUT2D eigenvalue weighted by molar-refractivity contribution is 5.84. The first kappa shape index (κ1) is 13.7. The van der Waals surface area contributed by atoms with Gasteiger partial charge in [-0.15, -0.1) is 0 Å². The van der Waals surface area contributed by atoms with Crippen LogP contribution in [0.2, 0.25) is 0 Å². The number of anilines is 1. The highest BCUT2D eigenvalue weighted by Gasteiger charge is 2.54. The molecule has 2 atom stereocenters. The molecule has 6 rings (SSSR count). The lowest BCUT2D eigenvalue weighted by Gasteiger charge is -2.50. The molecule has 2 unspecified atom stereocenters. The minimum absolute atomic E-state index is 0.108. The second-order valence-corrected chi connectivity index (χ2v) is 7.14. The summed E-state index contributed by atoms with van der Waals surface area (Å²) in [6.45, 7) is 4.27. The van der Waals surface area contributed by atoms with Crippen molar-refractivity contribution < 1.29 is 4.74 Å². The first-order chi connectivity index (χ1) is 11.2. The van der Waals surface area contributed by atoms with Crippen LogP contribution in [0.4, 0.5) is 5.82 Å². The van der Waals surface area contributed by atoms with Crippen molar-refractivity contribution in [1.29, 1.82) is 0 Å². The average molecular weight is 310 g/mol. The van der Waals surface area contributed by atoms with Crippen molar-refractivity contribution in [1.82, 2.24) is 9.88 Å². The monoisotopic (exact) mass is 310 g/mol. The van der Waals surface area contributed by atoms with E-state index in [0.717, 1.165) is 24.3 Å². The Hall–Kier alpha value is -1.69. The van der Waals surface area contributed by atoms with E-state index in [0.29, 0.717) is 5.92 Å². The Morgan fingerprint density at radius 3 is 2.65 bits per heavy atom. The molecule has 2 bridgehead atoms. The van der Waals surface area contributed by atoms with Gasteiger partial charge in [0.1, 0.15) is 11.4 Å². The van der Waals surface area contributed by atoms with Gasteiger partial charge in [-0.1, -0.05) is 24.3 Å². The van der Waals surface area contributed by atoms with Crippen molar-refractivity contribution in [3.05, 3.63) is 36.5 Å². The second kappa shape index (κ2) is 4.90. The maximum absolute atomic E-state index is 6.34. The number of aromatic nitrogens is 1. The van der Waals surface area contributed by atoms with Gasteiger partial charge in [0.2, 0.25) is 0 Å². The highest BCUT2D eigenvalue weighted by Crippen LogP contribution is 2.43. The Bertz CT molecular complexity index is 743. The van der Waals surface area contributed by atoms with Crippen LogP contribution in [0.25, 0.3) is 10.8 Å². The number of hydrogen-bond acceptors (Lipinski definition) is 5. The Morgan fingerprint density at radius 2 is 1.91 bits per heavy atom. The van der Waals surface area contributed by atoms with Crippen LogP contribution >= 0.6 is 0 Å². The Morgan fingerprint density at radius 1 is 1.13 bits per heavy atom. The summed E-state index contributed by atoms with van der Waals surface area (Å²) in [7, 11) is 0. The summed E-state index contributed by atoms with van der Waals surface area (Å²) in [5.41, 5.74) is 6.23. The van der Waals surface area contributed by atoms with E-state index >= 15 is 0 Å². The molecule has 0 amide bonds. The van der Waals surface area contributed by atoms with Gasteiger partial charge < -0.3 is 14.5 Å². The predicted molar refractivity (Wildman–Crippen MR) is 90.0 cm³/mol. The molecule has 0 aliphatic carbocycles. The second-order valence-electron chi connectivity index (χ2n) is 7.14. The normalized spacial score (nSPS) is 36.2. The number of nitrogens with zero attached hydrogens (tertiary/aromatic N) is 3. The Kier molecular flexibility index (Phi) is 2.92. The van der Waals surface area contributed by atoms with E-state index in [4.69, 9.17) is 10.5 Å². The number of ether oxygens (including phenoxy) is 1. The molecule has 1 aromatic heterocycles. The predicted octanol–water partition coefficient (Wildman–Crippen LogP) is 1.78. The Labute approximate surface area is 136 Å². The van der Waals surface area contributed by atoms with E-state index in [-0.39, 0.29) is 5.60 Å². The quantitative estimate of drug-likeness (QED) is 0.870. The molecule has 2 N–H and O–H groups in total. The van der Waals surface area contributed by atoms with Crippen LogP contribution in [-0.4, -0.2) is 48.0 Å². The number of nitrogens with two attached hydrogens (primary N) is 1. The standard InChI is InChI=1S/C18H22N4O/c19-17-22(16-9-13-3-1-2-4-14(13)10-20-16)12-18(23-17)11-21-7-5-15(18)6-8-21/h1-4,9-10,15,17H,5-8,11-12,19H2. The van der Waals surface area contributed by atoms with E-state index in [9.17, 15) is 0 Å². The zero-order valence-electron chi connectivity index (χ0n) is 13.2. The maximum atomic E-state index is 6.34.